The number of unbranched alkanes of at least 4 members (excludes halogenated alkanes) is 24. The van der Waals surface area contributed by atoms with E-state index < -0.39 is 91.5 Å². The van der Waals surface area contributed by atoms with Gasteiger partial charge in [-0.15, -0.1) is 0 Å². The Morgan fingerprint density at radius 1 is 0.333 bits per heavy atom. The number of rotatable bonds is 63. The third kappa shape index (κ3) is 63.8. The summed E-state index contributed by atoms with van der Waals surface area (Å²) in [6, 6.07) is 0. The maximum Gasteiger partial charge on any atom is 0.472 e. The molecule has 0 radical (unpaired) electrons. The van der Waals surface area contributed by atoms with E-state index in [-0.39, 0.29) is 19.3 Å². The van der Waals surface area contributed by atoms with Gasteiger partial charge in [0.05, 0.1) is 26.4 Å². The summed E-state index contributed by atoms with van der Waals surface area (Å²) in [5, 5.41) is 20.5. The van der Waals surface area contributed by atoms with E-state index in [2.05, 4.69) is 118 Å². The van der Waals surface area contributed by atoms with E-state index in [0.29, 0.717) is 19.3 Å². The Balaban J connectivity index is 4.52. The van der Waals surface area contributed by atoms with Crippen molar-refractivity contribution in [3.8, 4) is 0 Å². The number of aliphatic hydroxyl groups is 2. The molecule has 18 heteroatoms. The van der Waals surface area contributed by atoms with Gasteiger partial charge in [-0.05, 0) is 116 Å². The maximum atomic E-state index is 12.9. The van der Waals surface area contributed by atoms with Crippen molar-refractivity contribution in [2.45, 2.75) is 283 Å². The summed E-state index contributed by atoms with van der Waals surface area (Å²) < 4.78 is 60.7. The summed E-state index contributed by atoms with van der Waals surface area (Å²) >= 11 is 0. The molecule has 0 spiro atoms. The smallest absolute Gasteiger partial charge is 0.463 e. The van der Waals surface area contributed by atoms with Gasteiger partial charge in [-0.3, -0.25) is 32.5 Å². The first-order chi connectivity index (χ1) is 42.2. The summed E-state index contributed by atoms with van der Waals surface area (Å²) in [6.07, 6.45) is 67.6. The minimum absolute atomic E-state index is 0.0915. The number of aliphatic hydroxyl groups excluding tert-OH is 2. The average Bonchev–Trinajstić information content (AvgIpc) is 3.69. The maximum absolute atomic E-state index is 12.9. The molecule has 0 saturated carbocycles. The van der Waals surface area contributed by atoms with E-state index in [1.165, 1.54) is 51.4 Å². The molecule has 0 bridgehead atoms. The van der Waals surface area contributed by atoms with Crippen molar-refractivity contribution < 1.29 is 75.8 Å². The predicted molar refractivity (Wildman–Crippen MR) is 353 cm³/mol. The first kappa shape index (κ1) is 83.5. The molecule has 0 fully saturated rings. The number of esters is 3. The molecule has 0 aliphatic rings. The lowest BCUT2D eigenvalue weighted by molar-refractivity contribution is -0.161. The standard InChI is InChI=1S/C69H120O16P2/c1-4-7-10-13-16-19-22-25-26-27-28-29-30-31-32-33-34-35-36-39-41-43-46-49-52-55-67(72)79-58-64(70)59-81-86(75,76)82-60-65(71)61-83-87(77,78)84-63-66(85-69(74)57-54-51-48-45-42-38-24-21-18-15-12-9-6-3)62-80-68(73)56-53-50-47-44-40-37-23-20-17-14-11-8-5-2/h7,10-11,14,16,19-21,23-26,28-29,31-32,64-66,70-71H,4-6,8-9,12-13,15,17-18,22,27,30,33-63H2,1-3H3,(H,75,76)(H,77,78)/b10-7-,14-11-,19-16-,23-20-,24-21-,26-25-,29-28-,32-31-. The fourth-order valence-electron chi connectivity index (χ4n) is 8.63. The van der Waals surface area contributed by atoms with Gasteiger partial charge in [-0.2, -0.15) is 0 Å². The zero-order chi connectivity index (χ0) is 63.8. The van der Waals surface area contributed by atoms with E-state index in [0.717, 1.165) is 154 Å². The van der Waals surface area contributed by atoms with Crippen molar-refractivity contribution in [1.29, 1.82) is 0 Å². The zero-order valence-corrected chi connectivity index (χ0v) is 56.0. The van der Waals surface area contributed by atoms with Crippen LogP contribution in [-0.2, 0) is 55.8 Å². The highest BCUT2D eigenvalue weighted by atomic mass is 31.2. The molecule has 87 heavy (non-hydrogen) atoms. The lowest BCUT2D eigenvalue weighted by atomic mass is 10.1. The molecule has 5 unspecified atom stereocenters. The predicted octanol–water partition coefficient (Wildman–Crippen LogP) is 18.3. The lowest BCUT2D eigenvalue weighted by Gasteiger charge is -2.21. The van der Waals surface area contributed by atoms with Crippen LogP contribution in [0, 0.1) is 0 Å². The molecular weight excluding hydrogens is 1150 g/mol. The first-order valence-electron chi connectivity index (χ1n) is 33.5. The second-order valence-corrected chi connectivity index (χ2v) is 25.1. The van der Waals surface area contributed by atoms with Crippen LogP contribution in [0.1, 0.15) is 265 Å². The summed E-state index contributed by atoms with van der Waals surface area (Å²) in [7, 11) is -9.77. The Hall–Kier alpha value is -3.53. The highest BCUT2D eigenvalue weighted by Crippen LogP contribution is 2.45. The van der Waals surface area contributed by atoms with Gasteiger partial charge >= 0.3 is 33.6 Å². The van der Waals surface area contributed by atoms with Gasteiger partial charge in [0.25, 0.3) is 0 Å². The number of phosphoric acid groups is 2. The van der Waals surface area contributed by atoms with Gasteiger partial charge in [0.2, 0.25) is 0 Å². The Kier molecular flexibility index (Phi) is 60.1. The largest absolute Gasteiger partial charge is 0.472 e. The minimum atomic E-state index is -4.92. The van der Waals surface area contributed by atoms with E-state index >= 15 is 0 Å². The van der Waals surface area contributed by atoms with Crippen molar-refractivity contribution in [2.75, 3.05) is 39.6 Å². The first-order valence-corrected chi connectivity index (χ1v) is 36.5. The molecule has 0 aliphatic heterocycles. The molecule has 0 aromatic heterocycles. The Morgan fingerprint density at radius 3 is 1.02 bits per heavy atom. The van der Waals surface area contributed by atoms with Crippen LogP contribution < -0.4 is 0 Å². The van der Waals surface area contributed by atoms with Crippen LogP contribution in [0.15, 0.2) is 97.2 Å². The zero-order valence-electron chi connectivity index (χ0n) is 54.2. The SMILES string of the molecule is CC/C=C\C/C=C\C/C=C\C/C=C\C/C=C\CCCCCCCCCCCC(=O)OCC(O)COP(=O)(O)OCC(O)COP(=O)(O)OCC(COC(=O)CCCCCCC/C=C\C/C=C\CCC)OC(=O)CCCCCCC/C=C\CCCCCC. The number of hydrogen-bond donors (Lipinski definition) is 4. The minimum Gasteiger partial charge on any atom is -0.463 e. The molecule has 0 amide bonds. The number of allylic oxidation sites excluding steroid dienone is 16. The van der Waals surface area contributed by atoms with Gasteiger partial charge in [-0.1, -0.05) is 227 Å². The fourth-order valence-corrected chi connectivity index (χ4v) is 10.2. The van der Waals surface area contributed by atoms with Gasteiger partial charge < -0.3 is 34.2 Å². The van der Waals surface area contributed by atoms with Gasteiger partial charge in [0.1, 0.15) is 25.4 Å². The van der Waals surface area contributed by atoms with E-state index in [9.17, 15) is 43.5 Å². The number of phosphoric ester groups is 2. The van der Waals surface area contributed by atoms with Crippen molar-refractivity contribution in [3.05, 3.63) is 97.2 Å². The Bertz CT molecular complexity index is 1980. The molecular formula is C69H120O16P2. The molecule has 502 valence electrons. The second kappa shape index (κ2) is 62.7. The van der Waals surface area contributed by atoms with Crippen LogP contribution in [-0.4, -0.2) is 95.9 Å². The molecule has 0 heterocycles. The topological polar surface area (TPSA) is 231 Å². The monoisotopic (exact) mass is 1270 g/mol. The average molecular weight is 1270 g/mol. The highest BCUT2D eigenvalue weighted by molar-refractivity contribution is 7.47. The van der Waals surface area contributed by atoms with E-state index in [4.69, 9.17) is 32.3 Å². The Morgan fingerprint density at radius 2 is 0.632 bits per heavy atom. The Labute approximate surface area is 527 Å². The number of carbonyl (C=O) groups excluding carboxylic acids is 3. The summed E-state index contributed by atoms with van der Waals surface area (Å²) in [5.41, 5.74) is 0. The van der Waals surface area contributed by atoms with Crippen LogP contribution in [0.3, 0.4) is 0 Å². The molecule has 5 atom stereocenters. The lowest BCUT2D eigenvalue weighted by Crippen LogP contribution is -2.30. The normalized spacial score (nSPS) is 14.9. The third-order valence-electron chi connectivity index (χ3n) is 13.7. The van der Waals surface area contributed by atoms with Crippen LogP contribution >= 0.6 is 15.6 Å². The molecule has 0 aliphatic carbocycles. The molecule has 4 N–H and O–H groups in total. The quantitative estimate of drug-likeness (QED) is 0.0146. The molecule has 0 aromatic rings. The number of ether oxygens (including phenoxy) is 3. The van der Waals surface area contributed by atoms with Gasteiger partial charge in [-0.25, -0.2) is 9.13 Å². The number of carbonyl (C=O) groups is 3. The fraction of sp³-hybridized carbons (Fsp3) is 0.725. The van der Waals surface area contributed by atoms with E-state index in [1.807, 2.05) is 0 Å². The number of hydrogen-bond acceptors (Lipinski definition) is 14. The summed E-state index contributed by atoms with van der Waals surface area (Å²) in [6.45, 7) is 2.43. The third-order valence-corrected chi connectivity index (χ3v) is 15.6. The highest BCUT2D eigenvalue weighted by Gasteiger charge is 2.29. The van der Waals surface area contributed by atoms with Crippen molar-refractivity contribution in [3.63, 3.8) is 0 Å². The molecule has 16 nitrogen and oxygen atoms in total. The van der Waals surface area contributed by atoms with Crippen molar-refractivity contribution in [2.24, 2.45) is 0 Å². The van der Waals surface area contributed by atoms with Crippen LogP contribution in [0.2, 0.25) is 0 Å². The van der Waals surface area contributed by atoms with Crippen LogP contribution in [0.4, 0.5) is 0 Å². The van der Waals surface area contributed by atoms with Crippen LogP contribution in [0.25, 0.3) is 0 Å². The second-order valence-electron chi connectivity index (χ2n) is 22.2. The van der Waals surface area contributed by atoms with Crippen molar-refractivity contribution >= 4 is 33.6 Å². The summed E-state index contributed by atoms with van der Waals surface area (Å²) in [5.74, 6) is -1.61. The molecule has 0 aromatic carbocycles. The summed E-state index contributed by atoms with van der Waals surface area (Å²) in [4.78, 5) is 58.2. The van der Waals surface area contributed by atoms with Gasteiger partial charge in [0, 0.05) is 19.3 Å². The van der Waals surface area contributed by atoms with E-state index in [1.54, 1.807) is 0 Å². The van der Waals surface area contributed by atoms with Crippen molar-refractivity contribution in [1.82, 2.24) is 0 Å². The van der Waals surface area contributed by atoms with Crippen LogP contribution in [0.5, 0.6) is 0 Å². The molecule has 0 rings (SSSR count). The molecule has 0 saturated heterocycles. The van der Waals surface area contributed by atoms with Gasteiger partial charge in [0.15, 0.2) is 6.10 Å².